The fourth-order valence-corrected chi connectivity index (χ4v) is 4.15. The first kappa shape index (κ1) is 26.8. The molecule has 0 saturated carbocycles. The van der Waals surface area contributed by atoms with E-state index in [4.69, 9.17) is 67.5 Å². The molecule has 0 aliphatic rings. The maximum Gasteiger partial charge on any atom is 0.348 e. The maximum absolute atomic E-state index is 12.6. The van der Waals surface area contributed by atoms with Crippen LogP contribution in [0.2, 0.25) is 25.1 Å². The number of nitrogens with zero attached hydrogens (tertiary/aromatic N) is 2. The van der Waals surface area contributed by atoms with Crippen molar-refractivity contribution in [3.8, 4) is 11.5 Å². The second-order valence-corrected chi connectivity index (χ2v) is 8.65. The van der Waals surface area contributed by atoms with Gasteiger partial charge in [-0.2, -0.15) is 4.99 Å². The maximum atomic E-state index is 12.6. The van der Waals surface area contributed by atoms with E-state index in [2.05, 4.69) is 10.3 Å². The Kier molecular flexibility index (Phi) is 9.04. The molecule has 3 aromatic rings. The van der Waals surface area contributed by atoms with Crippen LogP contribution < -0.4 is 10.1 Å². The van der Waals surface area contributed by atoms with Crippen molar-refractivity contribution in [1.82, 2.24) is 0 Å². The third-order valence-electron chi connectivity index (χ3n) is 4.25. The number of hydrogen-bond donors (Lipinski definition) is 1. The third kappa shape index (κ3) is 6.68. The van der Waals surface area contributed by atoms with Crippen molar-refractivity contribution >= 4 is 81.3 Å². The Balaban J connectivity index is 1.83. The molecule has 1 N–H and O–H groups in total. The number of carbonyl (C=O) groups excluding carboxylic acids is 1. The van der Waals surface area contributed by atoms with E-state index in [1.54, 1.807) is 25.1 Å². The number of anilines is 1. The van der Waals surface area contributed by atoms with E-state index in [0.717, 1.165) is 0 Å². The van der Waals surface area contributed by atoms with E-state index in [0.29, 0.717) is 0 Å². The molecule has 182 valence electrons. The Morgan fingerprint density at radius 1 is 0.971 bits per heavy atom. The summed E-state index contributed by atoms with van der Waals surface area (Å²) in [5.41, 5.74) is 0.206. The van der Waals surface area contributed by atoms with Crippen molar-refractivity contribution in [3.05, 3.63) is 89.3 Å². The predicted octanol–water partition coefficient (Wildman–Crippen LogP) is 8.67. The molecule has 3 aromatic carbocycles. The van der Waals surface area contributed by atoms with Crippen molar-refractivity contribution in [2.75, 3.05) is 11.9 Å². The van der Waals surface area contributed by atoms with Gasteiger partial charge in [0.15, 0.2) is 5.75 Å². The number of benzene rings is 3. The highest BCUT2D eigenvalue weighted by Gasteiger charge is 2.18. The summed E-state index contributed by atoms with van der Waals surface area (Å²) in [5.74, 6) is 0.161. The highest BCUT2D eigenvalue weighted by atomic mass is 35.5. The van der Waals surface area contributed by atoms with Gasteiger partial charge in [-0.25, -0.2) is 4.79 Å². The lowest BCUT2D eigenvalue weighted by Gasteiger charge is -2.13. The molecular formula is C22H14Cl5N3O5. The Bertz CT molecular complexity index is 1290. The molecule has 0 aromatic heterocycles. The molecule has 8 nitrogen and oxygen atoms in total. The van der Waals surface area contributed by atoms with Gasteiger partial charge in [0.1, 0.15) is 10.8 Å². The summed E-state index contributed by atoms with van der Waals surface area (Å²) in [6.45, 7) is 1.93. The first-order valence-electron chi connectivity index (χ1n) is 9.68. The largest absolute Gasteiger partial charge is 0.477 e. The topological polar surface area (TPSA) is 103 Å². The van der Waals surface area contributed by atoms with Crippen LogP contribution in [0.25, 0.3) is 0 Å². The summed E-state index contributed by atoms with van der Waals surface area (Å²) in [6.07, 6.45) is 0. The van der Waals surface area contributed by atoms with Crippen LogP contribution in [0.1, 0.15) is 12.5 Å². The molecule has 0 radical (unpaired) electrons. The van der Waals surface area contributed by atoms with Gasteiger partial charge in [0, 0.05) is 17.8 Å². The molecule has 0 aliphatic carbocycles. The van der Waals surface area contributed by atoms with Gasteiger partial charge in [0.2, 0.25) is 5.90 Å². The number of halogens is 5. The van der Waals surface area contributed by atoms with Gasteiger partial charge in [0.25, 0.3) is 5.69 Å². The first-order valence-corrected chi connectivity index (χ1v) is 11.6. The van der Waals surface area contributed by atoms with Crippen LogP contribution in [-0.2, 0) is 4.74 Å². The van der Waals surface area contributed by atoms with Crippen LogP contribution in [0.15, 0.2) is 53.5 Å². The summed E-state index contributed by atoms with van der Waals surface area (Å²) >= 11 is 30.9. The van der Waals surface area contributed by atoms with Crippen molar-refractivity contribution in [3.63, 3.8) is 0 Å². The minimum Gasteiger partial charge on any atom is -0.477 e. The van der Waals surface area contributed by atoms with E-state index < -0.39 is 11.0 Å². The highest BCUT2D eigenvalue weighted by Crippen LogP contribution is 2.40. The predicted molar refractivity (Wildman–Crippen MR) is 138 cm³/mol. The number of amides is 2. The van der Waals surface area contributed by atoms with E-state index in [1.165, 1.54) is 30.3 Å². The van der Waals surface area contributed by atoms with Gasteiger partial charge in [-0.15, -0.1) is 0 Å². The second kappa shape index (κ2) is 11.8. The smallest absolute Gasteiger partial charge is 0.348 e. The molecule has 0 aliphatic heterocycles. The molecule has 3 rings (SSSR count). The van der Waals surface area contributed by atoms with Gasteiger partial charge in [-0.05, 0) is 37.3 Å². The SMILES string of the molecule is CCO/C(=N\C(=O)Nc1cc(Cl)c(Oc2ccc([N+](=O)[O-])c(Cl)c2)c(Cl)c1)c1c(Cl)cccc1Cl. The zero-order chi connectivity index (χ0) is 25.7. The Labute approximate surface area is 224 Å². The van der Waals surface area contributed by atoms with Crippen molar-refractivity contribution in [2.24, 2.45) is 4.99 Å². The number of carbonyl (C=O) groups is 1. The van der Waals surface area contributed by atoms with E-state index in [-0.39, 0.29) is 66.1 Å². The summed E-state index contributed by atoms with van der Waals surface area (Å²) in [6, 6.07) is 10.6. The van der Waals surface area contributed by atoms with E-state index in [1.807, 2.05) is 0 Å². The Morgan fingerprint density at radius 3 is 2.14 bits per heavy atom. The Morgan fingerprint density at radius 2 is 1.60 bits per heavy atom. The number of ether oxygens (including phenoxy) is 2. The van der Waals surface area contributed by atoms with Crippen LogP contribution in [0.4, 0.5) is 16.2 Å². The van der Waals surface area contributed by atoms with Gasteiger partial charge >= 0.3 is 6.03 Å². The molecule has 0 saturated heterocycles. The van der Waals surface area contributed by atoms with Crippen LogP contribution in [0, 0.1) is 10.1 Å². The average molecular weight is 578 g/mol. The molecule has 0 fully saturated rings. The summed E-state index contributed by atoms with van der Waals surface area (Å²) in [4.78, 5) is 26.8. The first-order chi connectivity index (χ1) is 16.6. The molecular weight excluding hydrogens is 564 g/mol. The number of rotatable bonds is 6. The van der Waals surface area contributed by atoms with Crippen molar-refractivity contribution < 1.29 is 19.2 Å². The lowest BCUT2D eigenvalue weighted by Crippen LogP contribution is -2.15. The fourth-order valence-electron chi connectivity index (χ4n) is 2.79. The van der Waals surface area contributed by atoms with Gasteiger partial charge < -0.3 is 14.8 Å². The van der Waals surface area contributed by atoms with E-state index >= 15 is 0 Å². The zero-order valence-corrected chi connectivity index (χ0v) is 21.4. The van der Waals surface area contributed by atoms with Crippen molar-refractivity contribution in [2.45, 2.75) is 6.92 Å². The van der Waals surface area contributed by atoms with Crippen LogP contribution >= 0.6 is 58.0 Å². The number of urea groups is 1. The average Bonchev–Trinajstić information content (AvgIpc) is 2.76. The number of hydrogen-bond acceptors (Lipinski definition) is 5. The van der Waals surface area contributed by atoms with Crippen LogP contribution in [-0.4, -0.2) is 23.5 Å². The number of nitrogens with one attached hydrogen (secondary N) is 1. The van der Waals surface area contributed by atoms with Crippen LogP contribution in [0.5, 0.6) is 11.5 Å². The normalized spacial score (nSPS) is 11.2. The standard InChI is InChI=1S/C22H14Cl5N3O5/c1-2-34-21(19-13(23)4-3-5-14(19)24)29-22(31)28-11-8-16(26)20(17(27)9-11)35-12-6-7-18(30(32)33)15(25)10-12/h3-10H,2H2,1H3,(H,28,31)/b29-21-. The minimum atomic E-state index is -0.799. The van der Waals surface area contributed by atoms with Gasteiger partial charge in [-0.1, -0.05) is 64.1 Å². The van der Waals surface area contributed by atoms with Gasteiger partial charge in [-0.3, -0.25) is 10.1 Å². The number of nitro benzene ring substituents is 1. The van der Waals surface area contributed by atoms with E-state index in [9.17, 15) is 14.9 Å². The third-order valence-corrected chi connectivity index (χ3v) is 5.74. The molecule has 0 unspecified atom stereocenters. The second-order valence-electron chi connectivity index (χ2n) is 6.62. The highest BCUT2D eigenvalue weighted by molar-refractivity contribution is 6.40. The summed E-state index contributed by atoms with van der Waals surface area (Å²) < 4.78 is 11.1. The van der Waals surface area contributed by atoms with Gasteiger partial charge in [0.05, 0.1) is 37.2 Å². The number of aliphatic imine (C=N–C) groups is 1. The molecule has 2 amide bonds. The summed E-state index contributed by atoms with van der Waals surface area (Å²) in [5, 5.41) is 13.9. The molecule has 0 atom stereocenters. The molecule has 0 spiro atoms. The molecule has 0 heterocycles. The number of nitro groups is 1. The fraction of sp³-hybridized carbons (Fsp3) is 0.0909. The minimum absolute atomic E-state index is 0.0467. The monoisotopic (exact) mass is 575 g/mol. The van der Waals surface area contributed by atoms with Crippen LogP contribution in [0.3, 0.4) is 0 Å². The van der Waals surface area contributed by atoms with Crippen molar-refractivity contribution in [1.29, 1.82) is 0 Å². The molecule has 0 bridgehead atoms. The molecule has 13 heteroatoms. The zero-order valence-electron chi connectivity index (χ0n) is 17.7. The summed E-state index contributed by atoms with van der Waals surface area (Å²) in [7, 11) is 0. The lowest BCUT2D eigenvalue weighted by molar-refractivity contribution is -0.384. The molecule has 35 heavy (non-hydrogen) atoms. The quantitative estimate of drug-likeness (QED) is 0.137. The Hall–Kier alpha value is -2.75. The lowest BCUT2D eigenvalue weighted by atomic mass is 10.2.